The lowest BCUT2D eigenvalue weighted by molar-refractivity contribution is 0.249. The predicted octanol–water partition coefficient (Wildman–Crippen LogP) is 2.27. The van der Waals surface area contributed by atoms with Crippen LogP contribution in [0.1, 0.15) is 12.0 Å². The maximum Gasteiger partial charge on any atom is 0.325 e. The Balaban J connectivity index is 1.67. The third-order valence-corrected chi connectivity index (χ3v) is 4.71. The zero-order valence-electron chi connectivity index (χ0n) is 14.0. The minimum absolute atomic E-state index is 0.323. The van der Waals surface area contributed by atoms with E-state index in [-0.39, 0.29) is 0 Å². The Bertz CT molecular complexity index is 1040. The number of pyridine rings is 1. The quantitative estimate of drug-likeness (QED) is 0.758. The highest BCUT2D eigenvalue weighted by atomic mass is 19.1. The third kappa shape index (κ3) is 3.01. The highest BCUT2D eigenvalue weighted by Crippen LogP contribution is 2.24. The van der Waals surface area contributed by atoms with Crippen LogP contribution in [-0.2, 0) is 6.54 Å². The summed E-state index contributed by atoms with van der Waals surface area (Å²) in [5, 5.41) is 0.947. The van der Waals surface area contributed by atoms with Gasteiger partial charge in [-0.25, -0.2) is 13.8 Å². The van der Waals surface area contributed by atoms with E-state index in [0.717, 1.165) is 27.6 Å². The molecule has 3 heterocycles. The summed E-state index contributed by atoms with van der Waals surface area (Å²) in [6, 6.07) is 11.3. The number of fused-ring (bicyclic) bond motifs is 1. The predicted molar refractivity (Wildman–Crippen MR) is 96.6 cm³/mol. The summed E-state index contributed by atoms with van der Waals surface area (Å²) in [5.74, 6) is 0. The number of hydrogen-bond acceptors (Lipinski definition) is 3. The molecule has 1 fully saturated rings. The van der Waals surface area contributed by atoms with Crippen LogP contribution >= 0.6 is 0 Å². The molecule has 1 aromatic carbocycles. The van der Waals surface area contributed by atoms with Crippen LogP contribution in [0.5, 0.6) is 0 Å². The number of primary amides is 1. The molecule has 0 aliphatic carbocycles. The van der Waals surface area contributed by atoms with E-state index in [9.17, 15) is 14.0 Å². The number of nitrogens with zero attached hydrogens (tertiary/aromatic N) is 2. The van der Waals surface area contributed by atoms with Gasteiger partial charge in [0.15, 0.2) is 0 Å². The SMILES string of the molecule is NC(=O)n1c[c]cc(-c2cc3cc(CN4CC[C@H](F)C4)ccc3[nH]2)c1=O. The van der Waals surface area contributed by atoms with Gasteiger partial charge in [-0.05, 0) is 36.2 Å². The molecule has 3 N–H and O–H groups in total. The van der Waals surface area contributed by atoms with Gasteiger partial charge in [-0.1, -0.05) is 6.07 Å². The molecule has 0 saturated carbocycles. The number of nitrogens with two attached hydrogens (primary N) is 1. The number of aromatic amines is 1. The number of alkyl halides is 1. The number of aromatic nitrogens is 2. The fraction of sp³-hybridized carbons (Fsp3) is 0.263. The summed E-state index contributed by atoms with van der Waals surface area (Å²) >= 11 is 0. The molecule has 1 aliphatic rings. The van der Waals surface area contributed by atoms with Gasteiger partial charge in [-0.2, -0.15) is 0 Å². The fourth-order valence-corrected chi connectivity index (χ4v) is 3.41. The lowest BCUT2D eigenvalue weighted by atomic mass is 10.1. The maximum absolute atomic E-state index is 13.3. The zero-order chi connectivity index (χ0) is 18.3. The number of halogens is 1. The van der Waals surface area contributed by atoms with Gasteiger partial charge < -0.3 is 10.7 Å². The average Bonchev–Trinajstić information content (AvgIpc) is 3.20. The van der Waals surface area contributed by atoms with Crippen molar-refractivity contribution < 1.29 is 9.18 Å². The average molecular weight is 353 g/mol. The van der Waals surface area contributed by atoms with Crippen LogP contribution in [0.25, 0.3) is 22.2 Å². The molecule has 133 valence electrons. The van der Waals surface area contributed by atoms with Crippen LogP contribution < -0.4 is 11.3 Å². The number of carbonyl (C=O) groups is 1. The molecular formula is C19H18FN4O2. The van der Waals surface area contributed by atoms with Gasteiger partial charge in [-0.3, -0.25) is 9.69 Å². The summed E-state index contributed by atoms with van der Waals surface area (Å²) in [5.41, 5.74) is 7.60. The summed E-state index contributed by atoms with van der Waals surface area (Å²) in [6.07, 6.45) is 1.08. The first-order valence-corrected chi connectivity index (χ1v) is 8.42. The minimum Gasteiger partial charge on any atom is -0.354 e. The topological polar surface area (TPSA) is 84.1 Å². The Hall–Kier alpha value is -2.93. The van der Waals surface area contributed by atoms with E-state index in [1.165, 1.54) is 12.3 Å². The molecule has 1 aliphatic heterocycles. The number of nitrogens with one attached hydrogen (secondary N) is 1. The highest BCUT2D eigenvalue weighted by molar-refractivity contribution is 5.86. The minimum atomic E-state index is -0.844. The van der Waals surface area contributed by atoms with E-state index in [1.807, 2.05) is 24.3 Å². The van der Waals surface area contributed by atoms with Crippen LogP contribution in [0.2, 0.25) is 0 Å². The summed E-state index contributed by atoms with van der Waals surface area (Å²) < 4.78 is 14.2. The van der Waals surface area contributed by atoms with Crippen molar-refractivity contribution in [2.45, 2.75) is 19.1 Å². The molecule has 2 aromatic heterocycles. The van der Waals surface area contributed by atoms with Crippen LogP contribution in [-0.4, -0.2) is 39.7 Å². The van der Waals surface area contributed by atoms with E-state index in [0.29, 0.717) is 30.8 Å². The van der Waals surface area contributed by atoms with Gasteiger partial charge in [0.05, 0.1) is 11.3 Å². The van der Waals surface area contributed by atoms with Crippen molar-refractivity contribution in [2.24, 2.45) is 5.73 Å². The molecule has 0 bridgehead atoms. The van der Waals surface area contributed by atoms with Crippen LogP contribution in [0.3, 0.4) is 0 Å². The van der Waals surface area contributed by atoms with E-state index in [2.05, 4.69) is 16.0 Å². The van der Waals surface area contributed by atoms with E-state index in [4.69, 9.17) is 5.73 Å². The number of carbonyl (C=O) groups excluding carboxylic acids is 1. The lowest BCUT2D eigenvalue weighted by Gasteiger charge is -2.14. The second-order valence-corrected chi connectivity index (χ2v) is 6.59. The van der Waals surface area contributed by atoms with Crippen molar-refractivity contribution in [1.82, 2.24) is 14.5 Å². The summed E-state index contributed by atoms with van der Waals surface area (Å²) in [7, 11) is 0. The fourth-order valence-electron chi connectivity index (χ4n) is 3.41. The molecule has 1 radical (unpaired) electrons. The van der Waals surface area contributed by atoms with Gasteiger partial charge >= 0.3 is 6.03 Å². The standard InChI is InChI=1S/C19H18FN4O2/c20-14-5-7-23(11-14)10-12-3-4-16-13(8-12)9-17(22-16)15-2-1-6-24(18(15)25)19(21)26/h2-4,6,8-9,14,22H,5,7,10-11H2,(H2,21,26)/t14-/m0/s1. The first-order chi connectivity index (χ1) is 12.5. The maximum atomic E-state index is 13.3. The molecule has 0 spiro atoms. The third-order valence-electron chi connectivity index (χ3n) is 4.71. The molecule has 6 nitrogen and oxygen atoms in total. The normalized spacial score (nSPS) is 17.8. The van der Waals surface area contributed by atoms with Gasteiger partial charge in [0.2, 0.25) is 0 Å². The van der Waals surface area contributed by atoms with Gasteiger partial charge in [0, 0.05) is 42.8 Å². The molecule has 1 amide bonds. The number of hydrogen-bond donors (Lipinski definition) is 2. The number of rotatable bonds is 3. The zero-order valence-corrected chi connectivity index (χ0v) is 14.0. The molecule has 4 rings (SSSR count). The molecule has 1 saturated heterocycles. The first-order valence-electron chi connectivity index (χ1n) is 8.42. The Morgan fingerprint density at radius 2 is 2.23 bits per heavy atom. The Morgan fingerprint density at radius 3 is 2.96 bits per heavy atom. The molecule has 3 aromatic rings. The number of amides is 1. The Kier molecular flexibility index (Phi) is 4.08. The second-order valence-electron chi connectivity index (χ2n) is 6.59. The number of benzene rings is 1. The number of likely N-dealkylation sites (tertiary alicyclic amines) is 1. The van der Waals surface area contributed by atoms with Crippen molar-refractivity contribution in [2.75, 3.05) is 13.1 Å². The molecule has 7 heteroatoms. The lowest BCUT2D eigenvalue weighted by Crippen LogP contribution is -2.31. The van der Waals surface area contributed by atoms with Crippen LogP contribution in [0.4, 0.5) is 9.18 Å². The van der Waals surface area contributed by atoms with Crippen molar-refractivity contribution in [1.29, 1.82) is 0 Å². The Morgan fingerprint density at radius 1 is 1.38 bits per heavy atom. The highest BCUT2D eigenvalue weighted by Gasteiger charge is 2.21. The molecular weight excluding hydrogens is 335 g/mol. The van der Waals surface area contributed by atoms with Crippen molar-refractivity contribution in [3.05, 3.63) is 58.5 Å². The van der Waals surface area contributed by atoms with Gasteiger partial charge in [-0.15, -0.1) is 0 Å². The van der Waals surface area contributed by atoms with Gasteiger partial charge in [0.1, 0.15) is 6.17 Å². The van der Waals surface area contributed by atoms with E-state index >= 15 is 0 Å². The monoisotopic (exact) mass is 353 g/mol. The second kappa shape index (κ2) is 6.42. The van der Waals surface area contributed by atoms with Crippen LogP contribution in [0, 0.1) is 6.07 Å². The summed E-state index contributed by atoms with van der Waals surface area (Å²) in [4.78, 5) is 29.0. The van der Waals surface area contributed by atoms with Crippen molar-refractivity contribution >= 4 is 16.9 Å². The Labute approximate surface area is 149 Å². The van der Waals surface area contributed by atoms with E-state index in [1.54, 1.807) is 0 Å². The van der Waals surface area contributed by atoms with Crippen molar-refractivity contribution in [3.63, 3.8) is 0 Å². The molecule has 1 atom stereocenters. The summed E-state index contributed by atoms with van der Waals surface area (Å²) in [6.45, 7) is 1.94. The first kappa shape index (κ1) is 16.5. The molecule has 0 unspecified atom stereocenters. The largest absolute Gasteiger partial charge is 0.354 e. The van der Waals surface area contributed by atoms with Crippen molar-refractivity contribution in [3.8, 4) is 11.3 Å². The molecule has 26 heavy (non-hydrogen) atoms. The van der Waals surface area contributed by atoms with Gasteiger partial charge in [0.25, 0.3) is 5.56 Å². The number of H-pyrrole nitrogens is 1. The van der Waals surface area contributed by atoms with E-state index < -0.39 is 17.8 Å². The van der Waals surface area contributed by atoms with Crippen LogP contribution in [0.15, 0.2) is 41.3 Å². The smallest absolute Gasteiger partial charge is 0.325 e.